The molecule has 2 unspecified atom stereocenters. The Bertz CT molecular complexity index is 1950. The van der Waals surface area contributed by atoms with Crippen molar-refractivity contribution >= 4 is 35.3 Å². The van der Waals surface area contributed by atoms with Crippen LogP contribution in [0.4, 0.5) is 0 Å². The molecule has 1 aromatic rings. The quantitative estimate of drug-likeness (QED) is 0.287. The molecule has 232 valence electrons. The second-order valence-electron chi connectivity index (χ2n) is 12.9. The SMILES string of the molecule is C=CC1=C(C)C2=N/C1=C\C1NC(=C(CCC(=O)OC)C1C)C=c1[nH]c(c(C)c1C(=C)O)=CC1=NC(=C2)C2=CC=C(C)[C@@H](C)[C@]21C. The van der Waals surface area contributed by atoms with Gasteiger partial charge in [0, 0.05) is 39.9 Å². The predicted molar refractivity (Wildman–Crippen MR) is 183 cm³/mol. The van der Waals surface area contributed by atoms with Crippen molar-refractivity contribution in [3.63, 3.8) is 0 Å². The van der Waals surface area contributed by atoms with Crippen molar-refractivity contribution in [2.75, 3.05) is 7.11 Å². The van der Waals surface area contributed by atoms with Gasteiger partial charge in [-0.05, 0) is 86.6 Å². The fourth-order valence-corrected chi connectivity index (χ4v) is 7.38. The minimum Gasteiger partial charge on any atom is -0.508 e. The Kier molecular flexibility index (Phi) is 7.46. The van der Waals surface area contributed by atoms with Crippen molar-refractivity contribution in [3.05, 3.63) is 110 Å². The Balaban J connectivity index is 1.66. The number of fused-ring (bicyclic) bond motifs is 9. The molecule has 3 N–H and O–H groups in total. The third-order valence-electron chi connectivity index (χ3n) is 10.5. The van der Waals surface area contributed by atoms with Crippen LogP contribution in [0.25, 0.3) is 17.9 Å². The van der Waals surface area contributed by atoms with Crippen LogP contribution in [-0.2, 0) is 9.53 Å². The third kappa shape index (κ3) is 4.76. The fraction of sp³-hybridized carbons (Fsp3) is 0.342. The number of esters is 1. The van der Waals surface area contributed by atoms with E-state index in [1.165, 1.54) is 18.3 Å². The Hall–Kier alpha value is -4.65. The Morgan fingerprint density at radius 3 is 2.56 bits per heavy atom. The largest absolute Gasteiger partial charge is 0.508 e. The van der Waals surface area contributed by atoms with Gasteiger partial charge in [-0.1, -0.05) is 50.8 Å². The number of nitrogens with one attached hydrogen (secondary N) is 2. The van der Waals surface area contributed by atoms with Gasteiger partial charge in [0.05, 0.1) is 41.3 Å². The van der Waals surface area contributed by atoms with Gasteiger partial charge in [0.2, 0.25) is 0 Å². The van der Waals surface area contributed by atoms with Gasteiger partial charge < -0.3 is 20.1 Å². The van der Waals surface area contributed by atoms with Crippen molar-refractivity contribution < 1.29 is 14.6 Å². The topological polar surface area (TPSA) is 99.1 Å². The number of aromatic amines is 1. The molecule has 4 atom stereocenters. The van der Waals surface area contributed by atoms with Crippen molar-refractivity contribution in [1.82, 2.24) is 10.3 Å². The lowest BCUT2D eigenvalue weighted by molar-refractivity contribution is -0.140. The number of hydrogen-bond acceptors (Lipinski definition) is 6. The van der Waals surface area contributed by atoms with Crippen LogP contribution in [-0.4, -0.2) is 40.6 Å². The van der Waals surface area contributed by atoms with Crippen molar-refractivity contribution in [2.24, 2.45) is 27.2 Å². The standard InChI is InChI=1S/C38H42N4O3/c1-10-25-20(3)29-16-33-27-13-11-19(2)23(6)38(27,8)35(42-33)18-30-22(5)37(24(7)43)34(41-30)17-32-26(12-14-36(44)45-9)21(4)28(40-32)15-31(25)39-29/h10-11,13,15-18,21,23,28,40-41,43H,1,7,12,14H2,2-6,8-9H3/b30-18?,31-15-,33-16?,34-17?/t21?,23-,28?,38-/m1/s1. The van der Waals surface area contributed by atoms with E-state index in [0.717, 1.165) is 61.5 Å². The van der Waals surface area contributed by atoms with Crippen LogP contribution in [0, 0.1) is 24.2 Å². The molecule has 4 aliphatic heterocycles. The highest BCUT2D eigenvalue weighted by Gasteiger charge is 2.46. The average Bonchev–Trinajstić information content (AvgIpc) is 3.66. The summed E-state index contributed by atoms with van der Waals surface area (Å²) < 4.78 is 4.97. The first kappa shape index (κ1) is 30.4. The number of allylic oxidation sites excluding steroid dienone is 8. The first-order valence-electron chi connectivity index (χ1n) is 15.6. The van der Waals surface area contributed by atoms with Gasteiger partial charge in [0.1, 0.15) is 5.76 Å². The second-order valence-corrected chi connectivity index (χ2v) is 12.9. The number of aliphatic imine (C=N–C) groups is 2. The molecule has 7 nitrogen and oxygen atoms in total. The monoisotopic (exact) mass is 602 g/mol. The summed E-state index contributed by atoms with van der Waals surface area (Å²) in [6.07, 6.45) is 15.5. The number of aliphatic hydroxyl groups is 1. The second kappa shape index (κ2) is 11.1. The lowest BCUT2D eigenvalue weighted by atomic mass is 9.64. The number of H-pyrrole nitrogens is 1. The maximum atomic E-state index is 12.2. The van der Waals surface area contributed by atoms with Gasteiger partial charge in [-0.3, -0.25) is 9.79 Å². The Morgan fingerprint density at radius 2 is 1.87 bits per heavy atom. The number of rotatable bonds is 5. The molecule has 1 aliphatic carbocycles. The van der Waals surface area contributed by atoms with E-state index in [1.54, 1.807) is 0 Å². The highest BCUT2D eigenvalue weighted by atomic mass is 16.5. The summed E-state index contributed by atoms with van der Waals surface area (Å²) in [5.41, 5.74) is 11.3. The van der Waals surface area contributed by atoms with Crippen molar-refractivity contribution in [1.29, 1.82) is 0 Å². The van der Waals surface area contributed by atoms with Gasteiger partial charge in [0.25, 0.3) is 0 Å². The molecule has 0 fully saturated rings. The molecule has 1 aromatic heterocycles. The molecular weight excluding hydrogens is 560 g/mol. The van der Waals surface area contributed by atoms with Crippen molar-refractivity contribution in [3.8, 4) is 0 Å². The lowest BCUT2D eigenvalue weighted by Crippen LogP contribution is -2.35. The summed E-state index contributed by atoms with van der Waals surface area (Å²) in [7, 11) is 1.41. The Labute approximate surface area is 265 Å². The van der Waals surface area contributed by atoms with E-state index >= 15 is 0 Å². The number of methoxy groups -OCH3 is 1. The van der Waals surface area contributed by atoms with Gasteiger partial charge in [-0.2, -0.15) is 0 Å². The number of ether oxygens (including phenoxy) is 1. The maximum Gasteiger partial charge on any atom is 0.305 e. The fourth-order valence-electron chi connectivity index (χ4n) is 7.38. The van der Waals surface area contributed by atoms with E-state index in [1.807, 2.05) is 19.1 Å². The van der Waals surface area contributed by atoms with Crippen molar-refractivity contribution in [2.45, 2.75) is 60.4 Å². The van der Waals surface area contributed by atoms with Gasteiger partial charge >= 0.3 is 5.97 Å². The summed E-state index contributed by atoms with van der Waals surface area (Å²) in [6.45, 7) is 21.0. The molecule has 8 bridgehead atoms. The molecule has 0 amide bonds. The smallest absolute Gasteiger partial charge is 0.305 e. The molecule has 0 saturated heterocycles. The van der Waals surface area contributed by atoms with E-state index < -0.39 is 0 Å². The number of aromatic nitrogens is 1. The molecule has 7 heteroatoms. The normalized spacial score (nSPS) is 27.9. The summed E-state index contributed by atoms with van der Waals surface area (Å²) in [5.74, 6) is 0.0291. The van der Waals surface area contributed by atoms with E-state index in [-0.39, 0.29) is 41.4 Å². The zero-order valence-electron chi connectivity index (χ0n) is 27.3. The minimum atomic E-state index is -0.354. The first-order chi connectivity index (χ1) is 21.4. The van der Waals surface area contributed by atoms with E-state index in [4.69, 9.17) is 14.7 Å². The molecular formula is C38H42N4O3. The van der Waals surface area contributed by atoms with Crippen LogP contribution in [0.5, 0.6) is 0 Å². The Morgan fingerprint density at radius 1 is 1.11 bits per heavy atom. The van der Waals surface area contributed by atoms with E-state index in [0.29, 0.717) is 12.0 Å². The lowest BCUT2D eigenvalue weighted by Gasteiger charge is -2.37. The van der Waals surface area contributed by atoms with Crippen LogP contribution in [0.2, 0.25) is 0 Å². The molecule has 0 radical (unpaired) electrons. The summed E-state index contributed by atoms with van der Waals surface area (Å²) >= 11 is 0. The first-order valence-corrected chi connectivity index (χ1v) is 15.6. The maximum absolute atomic E-state index is 12.2. The number of hydrogen-bond donors (Lipinski definition) is 3. The van der Waals surface area contributed by atoms with E-state index in [2.05, 4.69) is 88.5 Å². The molecule has 5 heterocycles. The zero-order valence-corrected chi connectivity index (χ0v) is 27.3. The predicted octanol–water partition coefficient (Wildman–Crippen LogP) is 5.95. The number of carbonyl (C=O) groups is 1. The molecule has 0 aromatic carbocycles. The minimum absolute atomic E-state index is 0.0108. The highest BCUT2D eigenvalue weighted by molar-refractivity contribution is 6.20. The van der Waals surface area contributed by atoms with Gasteiger partial charge in [0.15, 0.2) is 0 Å². The van der Waals surface area contributed by atoms with Crippen LogP contribution < -0.4 is 16.0 Å². The van der Waals surface area contributed by atoms with Crippen LogP contribution in [0.3, 0.4) is 0 Å². The summed E-state index contributed by atoms with van der Waals surface area (Å²) in [5, 5.41) is 16.1. The number of nitrogens with zero attached hydrogens (tertiary/aromatic N) is 2. The number of carbonyl (C=O) groups excluding carboxylic acids is 1. The average molecular weight is 603 g/mol. The van der Waals surface area contributed by atoms with E-state index in [9.17, 15) is 9.90 Å². The van der Waals surface area contributed by atoms with Crippen LogP contribution >= 0.6 is 0 Å². The summed E-state index contributed by atoms with van der Waals surface area (Å²) in [4.78, 5) is 26.2. The van der Waals surface area contributed by atoms with Crippen LogP contribution in [0.15, 0.2) is 98.5 Å². The molecule has 5 aliphatic rings. The zero-order chi connectivity index (χ0) is 32.4. The number of aliphatic hydroxyl groups excluding tert-OH is 1. The molecule has 0 saturated carbocycles. The highest BCUT2D eigenvalue weighted by Crippen LogP contribution is 2.51. The third-order valence-corrected chi connectivity index (χ3v) is 10.5. The van der Waals surface area contributed by atoms with Gasteiger partial charge in [-0.15, -0.1) is 0 Å². The van der Waals surface area contributed by atoms with Crippen LogP contribution in [0.1, 0.15) is 58.6 Å². The summed E-state index contributed by atoms with van der Waals surface area (Å²) in [6, 6.07) is -0.0809. The molecule has 0 spiro atoms. The molecule has 45 heavy (non-hydrogen) atoms. The van der Waals surface area contributed by atoms with Gasteiger partial charge in [-0.25, -0.2) is 4.99 Å². The molecule has 6 rings (SSSR count).